The average molecular weight is 497 g/mol. The summed E-state index contributed by atoms with van der Waals surface area (Å²) in [6, 6.07) is 0. The molecule has 0 bridgehead atoms. The van der Waals surface area contributed by atoms with Gasteiger partial charge in [-0.3, -0.25) is 4.79 Å². The number of hydrogen-bond donors (Lipinski definition) is 0. The van der Waals surface area contributed by atoms with Crippen molar-refractivity contribution in [3.05, 3.63) is 11.6 Å². The Balaban J connectivity index is 2.28. The number of ether oxygens (including phenoxy) is 1. The summed E-state index contributed by atoms with van der Waals surface area (Å²) in [5.41, 5.74) is 1.49. The molecule has 2 rings (SSSR count). The van der Waals surface area contributed by atoms with Crippen LogP contribution >= 0.6 is 0 Å². The molecule has 1 saturated carbocycles. The third-order valence-electron chi connectivity index (χ3n) is 9.49. The van der Waals surface area contributed by atoms with Crippen molar-refractivity contribution >= 4 is 22.6 Å². The minimum absolute atomic E-state index is 0.0702. The van der Waals surface area contributed by atoms with E-state index in [4.69, 9.17) is 13.6 Å². The van der Waals surface area contributed by atoms with E-state index in [1.807, 2.05) is 0 Å². The van der Waals surface area contributed by atoms with Crippen LogP contribution in [0.3, 0.4) is 0 Å². The third kappa shape index (κ3) is 6.23. The van der Waals surface area contributed by atoms with Gasteiger partial charge in [0.2, 0.25) is 0 Å². The van der Waals surface area contributed by atoms with Crippen molar-refractivity contribution in [3.63, 3.8) is 0 Å². The second-order valence-corrected chi connectivity index (χ2v) is 23.3. The van der Waals surface area contributed by atoms with Gasteiger partial charge in [-0.15, -0.1) is 0 Å². The largest absolute Gasteiger partial charge is 0.469 e. The maximum atomic E-state index is 12.4. The number of methoxy groups -OCH3 is 1. The summed E-state index contributed by atoms with van der Waals surface area (Å²) < 4.78 is 18.8. The molecule has 4 atom stereocenters. The van der Waals surface area contributed by atoms with Crippen molar-refractivity contribution in [2.24, 2.45) is 17.3 Å². The molecule has 1 unspecified atom stereocenters. The lowest BCUT2D eigenvalue weighted by Gasteiger charge is -2.49. The normalized spacial score (nSPS) is 27.7. The van der Waals surface area contributed by atoms with Gasteiger partial charge in [0, 0.05) is 18.6 Å². The lowest BCUT2D eigenvalue weighted by molar-refractivity contribution is -0.141. The fourth-order valence-corrected chi connectivity index (χ4v) is 7.57. The van der Waals surface area contributed by atoms with E-state index < -0.39 is 16.6 Å². The molecule has 0 aromatic carbocycles. The number of hydrogen-bond acceptors (Lipinski definition) is 4. The minimum Gasteiger partial charge on any atom is -0.469 e. The number of esters is 1. The molecule has 0 heterocycles. The van der Waals surface area contributed by atoms with E-state index in [9.17, 15) is 4.79 Å². The zero-order chi connectivity index (χ0) is 25.5. The van der Waals surface area contributed by atoms with E-state index in [-0.39, 0.29) is 27.4 Å². The smallest absolute Gasteiger partial charge is 0.306 e. The molecule has 192 valence electrons. The Morgan fingerprint density at radius 3 is 2.18 bits per heavy atom. The summed E-state index contributed by atoms with van der Waals surface area (Å²) >= 11 is 0. The standard InChI is InChI=1S/C27H52O4Si2/c1-25(2,3)32(9,10)30-19-20(18-24(28)29-8)21-15-16-22-23(14-13-17-27(21,22)7)31-33(11,12)26(4,5)6/h15,20,22-23H,13-14,16-19H2,1-12H3/t20-,22?,23-,27+/m0/s1. The molecule has 2 aliphatic carbocycles. The van der Waals surface area contributed by atoms with Crippen LogP contribution in [0.15, 0.2) is 11.6 Å². The lowest BCUT2D eigenvalue weighted by atomic mass is 9.63. The van der Waals surface area contributed by atoms with Gasteiger partial charge in [0.05, 0.1) is 13.5 Å². The van der Waals surface area contributed by atoms with E-state index in [0.717, 1.165) is 12.8 Å². The fourth-order valence-electron chi connectivity index (χ4n) is 5.12. The highest BCUT2D eigenvalue weighted by Gasteiger charge is 2.52. The highest BCUT2D eigenvalue weighted by atomic mass is 28.4. The van der Waals surface area contributed by atoms with Crippen molar-refractivity contribution in [1.82, 2.24) is 0 Å². The molecule has 0 N–H and O–H groups in total. The molecule has 0 radical (unpaired) electrons. The summed E-state index contributed by atoms with van der Waals surface area (Å²) in [5.74, 6) is 0.424. The predicted molar refractivity (Wildman–Crippen MR) is 143 cm³/mol. The van der Waals surface area contributed by atoms with Crippen LogP contribution < -0.4 is 0 Å². The van der Waals surface area contributed by atoms with Crippen LogP contribution in [0.5, 0.6) is 0 Å². The van der Waals surface area contributed by atoms with Crippen LogP contribution in [-0.2, 0) is 18.4 Å². The first kappa shape index (κ1) is 28.8. The molecule has 2 aliphatic rings. The van der Waals surface area contributed by atoms with Crippen molar-refractivity contribution in [1.29, 1.82) is 0 Å². The summed E-state index contributed by atoms with van der Waals surface area (Å²) in [5, 5.41) is 0.354. The Labute approximate surface area is 206 Å². The highest BCUT2D eigenvalue weighted by molar-refractivity contribution is 6.74. The van der Waals surface area contributed by atoms with Gasteiger partial charge in [0.25, 0.3) is 0 Å². The number of rotatable bonds is 8. The van der Waals surface area contributed by atoms with Gasteiger partial charge >= 0.3 is 5.97 Å². The molecule has 0 saturated heterocycles. The first-order valence-corrected chi connectivity index (χ1v) is 18.8. The van der Waals surface area contributed by atoms with Crippen LogP contribution in [0.25, 0.3) is 0 Å². The second-order valence-electron chi connectivity index (χ2n) is 13.8. The first-order valence-electron chi connectivity index (χ1n) is 12.9. The van der Waals surface area contributed by atoms with E-state index >= 15 is 0 Å². The maximum Gasteiger partial charge on any atom is 0.306 e. The van der Waals surface area contributed by atoms with E-state index in [1.165, 1.54) is 25.5 Å². The molecule has 6 heteroatoms. The Hall–Kier alpha value is -0.436. The van der Waals surface area contributed by atoms with Gasteiger partial charge in [-0.05, 0) is 66.9 Å². The topological polar surface area (TPSA) is 44.8 Å². The van der Waals surface area contributed by atoms with Gasteiger partial charge in [-0.2, -0.15) is 0 Å². The molecule has 4 nitrogen and oxygen atoms in total. The molecule has 0 aliphatic heterocycles. The van der Waals surface area contributed by atoms with Crippen molar-refractivity contribution in [2.45, 2.75) is 123 Å². The van der Waals surface area contributed by atoms with Crippen LogP contribution in [0.4, 0.5) is 0 Å². The summed E-state index contributed by atoms with van der Waals surface area (Å²) in [6.07, 6.45) is 7.67. The third-order valence-corrected chi connectivity index (χ3v) is 18.5. The first-order chi connectivity index (χ1) is 14.9. The van der Waals surface area contributed by atoms with Gasteiger partial charge < -0.3 is 13.6 Å². The zero-order valence-corrected chi connectivity index (χ0v) is 25.7. The molecule has 0 amide bonds. The van der Waals surface area contributed by atoms with Gasteiger partial charge in [0.1, 0.15) is 0 Å². The van der Waals surface area contributed by atoms with Crippen molar-refractivity contribution in [2.75, 3.05) is 13.7 Å². The predicted octanol–water partition coefficient (Wildman–Crippen LogP) is 7.71. The quantitative estimate of drug-likeness (QED) is 0.196. The van der Waals surface area contributed by atoms with E-state index in [1.54, 1.807) is 0 Å². The molecule has 0 spiro atoms. The Morgan fingerprint density at radius 1 is 1.09 bits per heavy atom. The van der Waals surface area contributed by atoms with Gasteiger partial charge in [0.15, 0.2) is 16.6 Å². The van der Waals surface area contributed by atoms with Crippen LogP contribution in [0.2, 0.25) is 36.3 Å². The highest BCUT2D eigenvalue weighted by Crippen LogP contribution is 2.57. The number of fused-ring (bicyclic) bond motifs is 1. The molecular formula is C27H52O4Si2. The lowest BCUT2D eigenvalue weighted by Crippen LogP contribution is -2.50. The van der Waals surface area contributed by atoms with Crippen molar-refractivity contribution in [3.8, 4) is 0 Å². The van der Waals surface area contributed by atoms with Crippen LogP contribution in [0, 0.1) is 17.3 Å². The second kappa shape index (κ2) is 9.90. The summed E-state index contributed by atoms with van der Waals surface area (Å²) in [7, 11) is -2.26. The molecule has 33 heavy (non-hydrogen) atoms. The molecule has 0 aromatic rings. The van der Waals surface area contributed by atoms with Crippen molar-refractivity contribution < 1.29 is 18.4 Å². The summed E-state index contributed by atoms with van der Waals surface area (Å²) in [6.45, 7) is 26.1. The molecule has 0 aromatic heterocycles. The van der Waals surface area contributed by atoms with Gasteiger partial charge in [-0.25, -0.2) is 0 Å². The Morgan fingerprint density at radius 2 is 1.67 bits per heavy atom. The Kier molecular flexibility index (Phi) is 8.64. The fraction of sp³-hybridized carbons (Fsp3) is 0.889. The minimum atomic E-state index is -1.91. The number of allylic oxidation sites excluding steroid dienone is 1. The van der Waals surface area contributed by atoms with E-state index in [0.29, 0.717) is 25.0 Å². The average Bonchev–Trinajstić information content (AvgIpc) is 3.00. The number of carbonyl (C=O) groups is 1. The Bertz CT molecular complexity index is 729. The number of carbonyl (C=O) groups excluding carboxylic acids is 1. The zero-order valence-electron chi connectivity index (χ0n) is 23.7. The molecular weight excluding hydrogens is 444 g/mol. The van der Waals surface area contributed by atoms with E-state index in [2.05, 4.69) is 80.7 Å². The maximum absolute atomic E-state index is 12.4. The van der Waals surface area contributed by atoms with Gasteiger partial charge in [-0.1, -0.05) is 66.5 Å². The molecule has 1 fully saturated rings. The van der Waals surface area contributed by atoms with Crippen LogP contribution in [-0.4, -0.2) is 42.4 Å². The monoisotopic (exact) mass is 496 g/mol. The summed E-state index contributed by atoms with van der Waals surface area (Å²) in [4.78, 5) is 12.4. The SMILES string of the molecule is COC(=O)C[C@@H](CO[Si](C)(C)C(C)(C)C)C1=CCC2[C@@H](O[Si](C)(C)C(C)(C)C)CCC[C@]12C. The van der Waals surface area contributed by atoms with Crippen LogP contribution in [0.1, 0.15) is 80.6 Å².